The van der Waals surface area contributed by atoms with Crippen molar-refractivity contribution in [3.8, 4) is 0 Å². The Morgan fingerprint density at radius 2 is 1.75 bits per heavy atom. The Hall–Kier alpha value is -0.820. The zero-order chi connectivity index (χ0) is 16.5. The van der Waals surface area contributed by atoms with Gasteiger partial charge in [0, 0.05) is 26.2 Å². The van der Waals surface area contributed by atoms with E-state index in [4.69, 9.17) is 0 Å². The molecule has 136 valence electrons. The molecule has 0 bridgehead atoms. The zero-order valence-corrected chi connectivity index (χ0v) is 17.6. The van der Waals surface area contributed by atoms with Crippen LogP contribution in [0.5, 0.6) is 0 Å². The van der Waals surface area contributed by atoms with Crippen LogP contribution in [-0.2, 0) is 0 Å². The highest BCUT2D eigenvalue weighted by molar-refractivity contribution is 14.0. The SMILES string of the molecule is CCC(CNC(=NC)NCC(C)c1ccccc1)N1CCCC1.I. The molecule has 2 rings (SSSR count). The maximum atomic E-state index is 4.36. The van der Waals surface area contributed by atoms with Crippen molar-refractivity contribution in [1.82, 2.24) is 15.5 Å². The number of benzene rings is 1. The van der Waals surface area contributed by atoms with Crippen LogP contribution in [0.4, 0.5) is 0 Å². The summed E-state index contributed by atoms with van der Waals surface area (Å²) in [5, 5.41) is 6.96. The minimum absolute atomic E-state index is 0. The molecule has 5 heteroatoms. The van der Waals surface area contributed by atoms with Crippen molar-refractivity contribution in [1.29, 1.82) is 0 Å². The van der Waals surface area contributed by atoms with Gasteiger partial charge in [-0.3, -0.25) is 9.89 Å². The molecule has 1 aromatic carbocycles. The number of likely N-dealkylation sites (tertiary alicyclic amines) is 1. The molecular formula is C19H33IN4. The predicted octanol–water partition coefficient (Wildman–Crippen LogP) is 3.45. The second-order valence-corrected chi connectivity index (χ2v) is 6.45. The van der Waals surface area contributed by atoms with Gasteiger partial charge in [0.2, 0.25) is 0 Å². The van der Waals surface area contributed by atoms with Gasteiger partial charge in [0.15, 0.2) is 5.96 Å². The molecule has 1 saturated heterocycles. The number of halogens is 1. The van der Waals surface area contributed by atoms with Gasteiger partial charge in [-0.1, -0.05) is 44.2 Å². The number of aliphatic imine (C=N–C) groups is 1. The van der Waals surface area contributed by atoms with Gasteiger partial charge in [-0.2, -0.15) is 0 Å². The predicted molar refractivity (Wildman–Crippen MR) is 115 cm³/mol. The summed E-state index contributed by atoms with van der Waals surface area (Å²) in [6, 6.07) is 11.2. The summed E-state index contributed by atoms with van der Waals surface area (Å²) in [5.74, 6) is 1.38. The molecule has 1 aliphatic heterocycles. The lowest BCUT2D eigenvalue weighted by Crippen LogP contribution is -2.46. The van der Waals surface area contributed by atoms with Crippen LogP contribution in [0.1, 0.15) is 44.6 Å². The van der Waals surface area contributed by atoms with E-state index in [1.165, 1.54) is 37.9 Å². The van der Waals surface area contributed by atoms with Crippen molar-refractivity contribution in [2.24, 2.45) is 4.99 Å². The summed E-state index contributed by atoms with van der Waals surface area (Å²) in [7, 11) is 1.85. The number of nitrogens with zero attached hydrogens (tertiary/aromatic N) is 2. The molecule has 1 fully saturated rings. The Morgan fingerprint density at radius 1 is 1.12 bits per heavy atom. The third-order valence-corrected chi connectivity index (χ3v) is 4.80. The lowest BCUT2D eigenvalue weighted by molar-refractivity contribution is 0.236. The second-order valence-electron chi connectivity index (χ2n) is 6.45. The fourth-order valence-corrected chi connectivity index (χ4v) is 3.22. The quantitative estimate of drug-likeness (QED) is 0.385. The molecule has 0 aliphatic carbocycles. The third kappa shape index (κ3) is 6.59. The molecule has 1 heterocycles. The van der Waals surface area contributed by atoms with Crippen molar-refractivity contribution < 1.29 is 0 Å². The standard InChI is InChI=1S/C19H32N4.HI/c1-4-18(23-12-8-9-13-23)15-22-19(20-3)21-14-16(2)17-10-6-5-7-11-17;/h5-7,10-11,16,18H,4,8-9,12-15H2,1-3H3,(H2,20,21,22);1H. The van der Waals surface area contributed by atoms with Gasteiger partial charge < -0.3 is 10.6 Å². The van der Waals surface area contributed by atoms with Crippen LogP contribution in [0.25, 0.3) is 0 Å². The first kappa shape index (κ1) is 21.2. The van der Waals surface area contributed by atoms with E-state index in [-0.39, 0.29) is 24.0 Å². The van der Waals surface area contributed by atoms with Crippen LogP contribution < -0.4 is 10.6 Å². The lowest BCUT2D eigenvalue weighted by Gasteiger charge is -2.27. The third-order valence-electron chi connectivity index (χ3n) is 4.80. The highest BCUT2D eigenvalue weighted by atomic mass is 127. The lowest BCUT2D eigenvalue weighted by atomic mass is 10.0. The van der Waals surface area contributed by atoms with Crippen molar-refractivity contribution in [2.45, 2.75) is 45.1 Å². The van der Waals surface area contributed by atoms with E-state index in [1.807, 2.05) is 7.05 Å². The van der Waals surface area contributed by atoms with E-state index in [0.717, 1.165) is 19.0 Å². The summed E-state index contributed by atoms with van der Waals surface area (Å²) in [6.45, 7) is 8.88. The molecule has 0 radical (unpaired) electrons. The minimum atomic E-state index is 0. The Kier molecular flexibility index (Phi) is 10.3. The van der Waals surface area contributed by atoms with E-state index in [2.05, 4.69) is 64.7 Å². The number of nitrogens with one attached hydrogen (secondary N) is 2. The molecule has 4 nitrogen and oxygen atoms in total. The molecule has 2 N–H and O–H groups in total. The summed E-state index contributed by atoms with van der Waals surface area (Å²) in [5.41, 5.74) is 1.36. The topological polar surface area (TPSA) is 39.7 Å². The fraction of sp³-hybridized carbons (Fsp3) is 0.632. The van der Waals surface area contributed by atoms with E-state index in [1.54, 1.807) is 0 Å². The average molecular weight is 444 g/mol. The van der Waals surface area contributed by atoms with Crippen LogP contribution in [0.15, 0.2) is 35.3 Å². The molecule has 2 atom stereocenters. The van der Waals surface area contributed by atoms with Gasteiger partial charge in [-0.25, -0.2) is 0 Å². The van der Waals surface area contributed by atoms with Gasteiger partial charge in [0.05, 0.1) is 0 Å². The molecular weight excluding hydrogens is 411 g/mol. The maximum absolute atomic E-state index is 4.36. The van der Waals surface area contributed by atoms with Crippen LogP contribution in [0.2, 0.25) is 0 Å². The summed E-state index contributed by atoms with van der Waals surface area (Å²) >= 11 is 0. The van der Waals surface area contributed by atoms with E-state index >= 15 is 0 Å². The number of hydrogen-bond acceptors (Lipinski definition) is 2. The zero-order valence-electron chi connectivity index (χ0n) is 15.3. The molecule has 1 aromatic rings. The molecule has 0 amide bonds. The molecule has 0 aromatic heterocycles. The van der Waals surface area contributed by atoms with E-state index < -0.39 is 0 Å². The van der Waals surface area contributed by atoms with Gasteiger partial charge >= 0.3 is 0 Å². The summed E-state index contributed by atoms with van der Waals surface area (Å²) < 4.78 is 0. The highest BCUT2D eigenvalue weighted by Gasteiger charge is 2.20. The smallest absolute Gasteiger partial charge is 0.191 e. The largest absolute Gasteiger partial charge is 0.356 e. The normalized spacial score (nSPS) is 17.9. The van der Waals surface area contributed by atoms with Crippen LogP contribution in [0.3, 0.4) is 0 Å². The van der Waals surface area contributed by atoms with E-state index in [0.29, 0.717) is 12.0 Å². The molecule has 24 heavy (non-hydrogen) atoms. The molecule has 0 saturated carbocycles. The minimum Gasteiger partial charge on any atom is -0.356 e. The Bertz CT molecular complexity index is 472. The fourth-order valence-electron chi connectivity index (χ4n) is 3.22. The monoisotopic (exact) mass is 444 g/mol. The van der Waals surface area contributed by atoms with Crippen LogP contribution in [-0.4, -0.2) is 50.1 Å². The Labute approximate surface area is 164 Å². The van der Waals surface area contributed by atoms with Crippen molar-refractivity contribution >= 4 is 29.9 Å². The number of guanidine groups is 1. The first-order chi connectivity index (χ1) is 11.2. The van der Waals surface area contributed by atoms with Crippen LogP contribution >= 0.6 is 24.0 Å². The van der Waals surface area contributed by atoms with Crippen molar-refractivity contribution in [3.05, 3.63) is 35.9 Å². The van der Waals surface area contributed by atoms with E-state index in [9.17, 15) is 0 Å². The summed E-state index contributed by atoms with van der Waals surface area (Å²) in [6.07, 6.45) is 3.88. The van der Waals surface area contributed by atoms with Crippen molar-refractivity contribution in [3.63, 3.8) is 0 Å². The Morgan fingerprint density at radius 3 is 2.33 bits per heavy atom. The number of rotatable bonds is 7. The highest BCUT2D eigenvalue weighted by Crippen LogP contribution is 2.14. The van der Waals surface area contributed by atoms with Gasteiger partial charge in [0.25, 0.3) is 0 Å². The molecule has 2 unspecified atom stereocenters. The van der Waals surface area contributed by atoms with Gasteiger partial charge in [-0.05, 0) is 43.8 Å². The first-order valence-electron chi connectivity index (χ1n) is 8.98. The molecule has 0 spiro atoms. The second kappa shape index (κ2) is 11.7. The van der Waals surface area contributed by atoms with Gasteiger partial charge in [-0.15, -0.1) is 24.0 Å². The maximum Gasteiger partial charge on any atom is 0.191 e. The first-order valence-corrected chi connectivity index (χ1v) is 8.98. The Balaban J connectivity index is 0.00000288. The summed E-state index contributed by atoms with van der Waals surface area (Å²) in [4.78, 5) is 6.97. The molecule has 1 aliphatic rings. The number of hydrogen-bond donors (Lipinski definition) is 2. The average Bonchev–Trinajstić information content (AvgIpc) is 3.13. The van der Waals surface area contributed by atoms with Crippen LogP contribution in [0, 0.1) is 0 Å². The van der Waals surface area contributed by atoms with Gasteiger partial charge in [0.1, 0.15) is 0 Å². The van der Waals surface area contributed by atoms with Crippen molar-refractivity contribution in [2.75, 3.05) is 33.2 Å².